The Bertz CT molecular complexity index is 2130. The summed E-state index contributed by atoms with van der Waals surface area (Å²) in [6.45, 7) is 6.40. The number of likely N-dealkylation sites (tertiary alicyclic amines) is 2. The number of ether oxygens (including phenoxy) is 2. The number of carbonyl (C=O) groups excluding carboxylic acids is 4. The van der Waals surface area contributed by atoms with Crippen LogP contribution in [0.2, 0.25) is 0 Å². The van der Waals surface area contributed by atoms with Gasteiger partial charge in [-0.3, -0.25) is 9.59 Å². The molecule has 2 aromatic carbocycles. The van der Waals surface area contributed by atoms with E-state index < -0.39 is 41.4 Å². The Morgan fingerprint density at radius 1 is 0.724 bits per heavy atom. The largest absolute Gasteiger partial charge is 0.453 e. The molecule has 6 N–H and O–H groups in total. The lowest BCUT2D eigenvalue weighted by Gasteiger charge is -2.39. The molecule has 2 aliphatic heterocycles. The van der Waals surface area contributed by atoms with Crippen molar-refractivity contribution in [1.82, 2.24) is 40.4 Å². The van der Waals surface area contributed by atoms with Crippen molar-refractivity contribution in [3.05, 3.63) is 72.6 Å². The van der Waals surface area contributed by atoms with Crippen molar-refractivity contribution in [3.63, 3.8) is 0 Å². The fraction of sp³-hybridized carbons (Fsp3) is 0.476. The molecule has 3 aliphatic rings. The number of carbonyl (C=O) groups is 4. The van der Waals surface area contributed by atoms with Gasteiger partial charge in [0.05, 0.1) is 61.3 Å². The Hall–Kier alpha value is -5.74. The molecule has 6 atom stereocenters. The van der Waals surface area contributed by atoms with Gasteiger partial charge in [-0.25, -0.2) is 19.6 Å². The van der Waals surface area contributed by atoms with Crippen LogP contribution in [0.1, 0.15) is 83.5 Å². The lowest BCUT2D eigenvalue weighted by Crippen LogP contribution is -2.60. The van der Waals surface area contributed by atoms with Gasteiger partial charge >= 0.3 is 12.2 Å². The van der Waals surface area contributed by atoms with Crippen molar-refractivity contribution in [3.8, 4) is 33.6 Å². The SMILES string of the molecule is COC(=O)N[C@H](C(=O)N1[C@H]2CC[C@@H](C2)[C@@H]1c1ncc(-c2ccc(-c3ccc(-c4cnc([C@@H]5CCCN5C(=O)[C@H](NC(=O)OC)C(C)(C)O)[nH]4)cc3)cc2)[nH]1)C(C)(C)O. The van der Waals surface area contributed by atoms with Gasteiger partial charge in [0.2, 0.25) is 11.8 Å². The summed E-state index contributed by atoms with van der Waals surface area (Å²) in [5.74, 6) is 0.738. The molecule has 1 aliphatic carbocycles. The van der Waals surface area contributed by atoms with Crippen LogP contribution in [0.3, 0.4) is 0 Å². The molecule has 2 bridgehead atoms. The number of aromatic amines is 2. The first-order valence-corrected chi connectivity index (χ1v) is 19.6. The maximum absolute atomic E-state index is 14.0. The number of imidazole rings is 2. The van der Waals surface area contributed by atoms with E-state index in [2.05, 4.69) is 30.3 Å². The Balaban J connectivity index is 1.03. The number of nitrogens with zero attached hydrogens (tertiary/aromatic N) is 4. The maximum atomic E-state index is 14.0. The fourth-order valence-corrected chi connectivity index (χ4v) is 8.69. The highest BCUT2D eigenvalue weighted by Gasteiger charge is 2.53. The summed E-state index contributed by atoms with van der Waals surface area (Å²) in [4.78, 5) is 71.3. The van der Waals surface area contributed by atoms with Gasteiger partial charge in [0.1, 0.15) is 23.7 Å². The van der Waals surface area contributed by atoms with E-state index in [0.717, 1.165) is 59.3 Å². The standard InChI is InChI=1S/C42H52N8O8/c1-41(2,55)33(47-39(53)57-5)37(51)49-19-7-8-31(49)35-43-21-29(45-35)25-13-9-23(10-14-25)24-11-15-26(16-12-24)30-22-44-36(46-30)32-27-17-18-28(20-27)50(32)38(52)34(42(3,4)56)48-40(54)58-6/h9-16,21-22,27-28,31-34,55-56H,7-8,17-20H2,1-6H3,(H,43,45)(H,44,46)(H,47,53)(H,48,54)/t27-,28-,31-,32+,33-,34+/m0/s1. The Labute approximate surface area is 336 Å². The van der Waals surface area contributed by atoms with E-state index >= 15 is 0 Å². The van der Waals surface area contributed by atoms with Crippen LogP contribution in [-0.2, 0) is 19.1 Å². The first-order chi connectivity index (χ1) is 27.6. The van der Waals surface area contributed by atoms with Crippen molar-refractivity contribution >= 4 is 24.0 Å². The first kappa shape index (κ1) is 40.5. The van der Waals surface area contributed by atoms with Crippen LogP contribution < -0.4 is 10.6 Å². The van der Waals surface area contributed by atoms with Gasteiger partial charge in [0.25, 0.3) is 0 Å². The van der Waals surface area contributed by atoms with E-state index in [9.17, 15) is 29.4 Å². The van der Waals surface area contributed by atoms with E-state index in [1.54, 1.807) is 22.2 Å². The zero-order chi connectivity index (χ0) is 41.5. The van der Waals surface area contributed by atoms with Crippen LogP contribution in [-0.4, -0.2) is 114 Å². The molecule has 308 valence electrons. The van der Waals surface area contributed by atoms with Crippen LogP contribution >= 0.6 is 0 Å². The van der Waals surface area contributed by atoms with Gasteiger partial charge < -0.3 is 50.1 Å². The summed E-state index contributed by atoms with van der Waals surface area (Å²) in [5.41, 5.74) is 2.45. The molecule has 1 saturated carbocycles. The predicted octanol–water partition coefficient (Wildman–Crippen LogP) is 4.84. The molecule has 58 heavy (non-hydrogen) atoms. The van der Waals surface area contributed by atoms with Gasteiger partial charge in [0, 0.05) is 12.6 Å². The summed E-state index contributed by atoms with van der Waals surface area (Å²) >= 11 is 0. The quantitative estimate of drug-likeness (QED) is 0.121. The Morgan fingerprint density at radius 3 is 1.72 bits per heavy atom. The number of amides is 4. The van der Waals surface area contributed by atoms with E-state index in [0.29, 0.717) is 24.6 Å². The van der Waals surface area contributed by atoms with Crippen LogP contribution in [0.15, 0.2) is 60.9 Å². The van der Waals surface area contributed by atoms with E-state index in [1.807, 2.05) is 48.5 Å². The zero-order valence-corrected chi connectivity index (χ0v) is 33.6. The van der Waals surface area contributed by atoms with Crippen LogP contribution in [0.25, 0.3) is 33.6 Å². The van der Waals surface area contributed by atoms with Crippen molar-refractivity contribution < 1.29 is 38.9 Å². The fourth-order valence-electron chi connectivity index (χ4n) is 8.69. The zero-order valence-electron chi connectivity index (χ0n) is 33.6. The first-order valence-electron chi connectivity index (χ1n) is 19.6. The number of aromatic nitrogens is 4. The molecule has 16 heteroatoms. The Morgan fingerprint density at radius 2 is 1.21 bits per heavy atom. The number of aliphatic hydroxyl groups is 2. The number of alkyl carbamates (subject to hydrolysis) is 2. The van der Waals surface area contributed by atoms with Crippen LogP contribution in [0.5, 0.6) is 0 Å². The van der Waals surface area contributed by atoms with E-state index in [1.165, 1.54) is 41.9 Å². The van der Waals surface area contributed by atoms with Gasteiger partial charge in [-0.05, 0) is 88.0 Å². The van der Waals surface area contributed by atoms with E-state index in [-0.39, 0.29) is 30.0 Å². The maximum Gasteiger partial charge on any atom is 0.407 e. The summed E-state index contributed by atoms with van der Waals surface area (Å²) in [5, 5.41) is 26.6. The summed E-state index contributed by atoms with van der Waals surface area (Å²) in [6.07, 6.45) is 6.03. The van der Waals surface area contributed by atoms with Crippen molar-refractivity contribution in [2.75, 3.05) is 20.8 Å². The third kappa shape index (κ3) is 8.03. The number of hydrogen-bond acceptors (Lipinski definition) is 10. The molecular formula is C42H52N8O8. The number of hydrogen-bond donors (Lipinski definition) is 6. The number of piperidine rings is 1. The predicted molar refractivity (Wildman–Crippen MR) is 213 cm³/mol. The number of rotatable bonds is 11. The number of nitrogens with one attached hydrogen (secondary N) is 4. The second-order valence-corrected chi connectivity index (χ2v) is 16.6. The number of fused-ring (bicyclic) bond motifs is 2. The molecule has 4 amide bonds. The highest BCUT2D eigenvalue weighted by atomic mass is 16.5. The normalized spacial score (nSPS) is 21.4. The summed E-state index contributed by atoms with van der Waals surface area (Å²) in [7, 11) is 2.43. The molecule has 0 spiro atoms. The molecule has 16 nitrogen and oxygen atoms in total. The van der Waals surface area contributed by atoms with Crippen molar-refractivity contribution in [2.45, 2.75) is 101 Å². The number of H-pyrrole nitrogens is 2. The van der Waals surface area contributed by atoms with Crippen molar-refractivity contribution in [1.29, 1.82) is 0 Å². The molecule has 4 heterocycles. The molecule has 0 radical (unpaired) electrons. The summed E-state index contributed by atoms with van der Waals surface area (Å²) in [6, 6.07) is 13.2. The molecular weight excluding hydrogens is 745 g/mol. The molecule has 3 fully saturated rings. The second kappa shape index (κ2) is 15.9. The number of benzene rings is 2. The average molecular weight is 797 g/mol. The van der Waals surface area contributed by atoms with Gasteiger partial charge in [-0.1, -0.05) is 48.5 Å². The molecule has 0 unspecified atom stereocenters. The molecule has 2 saturated heterocycles. The van der Waals surface area contributed by atoms with E-state index in [4.69, 9.17) is 9.72 Å². The Kier molecular flexibility index (Phi) is 11.1. The minimum absolute atomic E-state index is 0.00817. The van der Waals surface area contributed by atoms with Gasteiger partial charge in [-0.2, -0.15) is 0 Å². The van der Waals surface area contributed by atoms with Crippen molar-refractivity contribution in [2.24, 2.45) is 5.92 Å². The third-order valence-electron chi connectivity index (χ3n) is 11.7. The lowest BCUT2D eigenvalue weighted by atomic mass is 9.93. The average Bonchev–Trinajstić information content (AvgIpc) is 4.06. The molecule has 7 rings (SSSR count). The van der Waals surface area contributed by atoms with Crippen LogP contribution in [0, 0.1) is 5.92 Å². The second-order valence-electron chi connectivity index (χ2n) is 16.6. The smallest absolute Gasteiger partial charge is 0.407 e. The molecule has 4 aromatic rings. The highest BCUT2D eigenvalue weighted by molar-refractivity contribution is 5.88. The monoisotopic (exact) mass is 796 g/mol. The highest BCUT2D eigenvalue weighted by Crippen LogP contribution is 2.50. The van der Waals surface area contributed by atoms with Gasteiger partial charge in [0.15, 0.2) is 0 Å². The minimum Gasteiger partial charge on any atom is -0.453 e. The number of methoxy groups -OCH3 is 2. The topological polar surface area (TPSA) is 215 Å². The van der Waals surface area contributed by atoms with Crippen LogP contribution in [0.4, 0.5) is 9.59 Å². The van der Waals surface area contributed by atoms with Gasteiger partial charge in [-0.15, -0.1) is 0 Å². The lowest BCUT2D eigenvalue weighted by molar-refractivity contribution is -0.144. The third-order valence-corrected chi connectivity index (χ3v) is 11.7. The summed E-state index contributed by atoms with van der Waals surface area (Å²) < 4.78 is 9.43. The minimum atomic E-state index is -1.52. The molecule has 2 aromatic heterocycles.